The number of ether oxygens (including phenoxy) is 1. The fourth-order valence-electron chi connectivity index (χ4n) is 3.63. The summed E-state index contributed by atoms with van der Waals surface area (Å²) in [6.45, 7) is 4.04. The summed E-state index contributed by atoms with van der Waals surface area (Å²) in [5, 5.41) is 20.8. The molecule has 4 nitrogen and oxygen atoms in total. The van der Waals surface area contributed by atoms with Crippen LogP contribution in [0.5, 0.6) is 0 Å². The summed E-state index contributed by atoms with van der Waals surface area (Å²) in [5.41, 5.74) is -0.753. The van der Waals surface area contributed by atoms with Gasteiger partial charge in [0.25, 0.3) is 0 Å². The second-order valence-electron chi connectivity index (χ2n) is 7.82. The molecule has 1 rings (SSSR count). The molecule has 0 saturated heterocycles. The maximum absolute atomic E-state index is 11.1. The van der Waals surface area contributed by atoms with Gasteiger partial charge in [-0.25, -0.2) is 0 Å². The summed E-state index contributed by atoms with van der Waals surface area (Å²) in [4.78, 5) is 11.1. The molecule has 0 aliphatic heterocycles. The lowest BCUT2D eigenvalue weighted by Crippen LogP contribution is -2.22. The molecule has 1 aliphatic rings. The van der Waals surface area contributed by atoms with Crippen LogP contribution in [0.15, 0.2) is 24.3 Å². The molecule has 1 aliphatic carbocycles. The molecule has 4 heteroatoms. The lowest BCUT2D eigenvalue weighted by molar-refractivity contribution is -0.140. The highest BCUT2D eigenvalue weighted by atomic mass is 16.5. The highest BCUT2D eigenvalue weighted by Gasteiger charge is 2.32. The molecule has 4 atom stereocenters. The normalized spacial score (nSPS) is 25.8. The van der Waals surface area contributed by atoms with Gasteiger partial charge in [-0.2, -0.15) is 0 Å². The van der Waals surface area contributed by atoms with Gasteiger partial charge >= 0.3 is 5.97 Å². The number of unbranched alkanes of at least 4 members (excludes halogenated alkanes) is 3. The van der Waals surface area contributed by atoms with Gasteiger partial charge in [-0.1, -0.05) is 50.5 Å². The van der Waals surface area contributed by atoms with Crippen LogP contribution in [-0.2, 0) is 9.53 Å². The van der Waals surface area contributed by atoms with Crippen molar-refractivity contribution in [2.75, 3.05) is 7.11 Å². The number of rotatable bonds is 12. The molecule has 0 aromatic heterocycles. The molecule has 1 fully saturated rings. The van der Waals surface area contributed by atoms with E-state index in [0.717, 1.165) is 57.8 Å². The summed E-state index contributed by atoms with van der Waals surface area (Å²) in [5.74, 6) is 0.373. The predicted octanol–water partition coefficient (Wildman–Crippen LogP) is 4.55. The van der Waals surface area contributed by atoms with Gasteiger partial charge in [0.15, 0.2) is 0 Å². The minimum atomic E-state index is -0.753. The van der Waals surface area contributed by atoms with Crippen molar-refractivity contribution in [3.63, 3.8) is 0 Å². The quantitative estimate of drug-likeness (QED) is 0.302. The third kappa shape index (κ3) is 9.00. The van der Waals surface area contributed by atoms with Crippen LogP contribution in [0.3, 0.4) is 0 Å². The highest BCUT2D eigenvalue weighted by molar-refractivity contribution is 5.69. The van der Waals surface area contributed by atoms with Crippen molar-refractivity contribution in [2.45, 2.75) is 89.8 Å². The highest BCUT2D eigenvalue weighted by Crippen LogP contribution is 2.36. The molecule has 0 aromatic carbocycles. The average molecular weight is 367 g/mol. The van der Waals surface area contributed by atoms with Crippen molar-refractivity contribution >= 4 is 5.97 Å². The van der Waals surface area contributed by atoms with Crippen LogP contribution in [-0.4, -0.2) is 35.0 Å². The third-order valence-electron chi connectivity index (χ3n) is 5.38. The monoisotopic (exact) mass is 366 g/mol. The first kappa shape index (κ1) is 22.9. The Morgan fingerprint density at radius 3 is 2.69 bits per heavy atom. The minimum absolute atomic E-state index is 0.166. The van der Waals surface area contributed by atoms with Crippen LogP contribution >= 0.6 is 0 Å². The van der Waals surface area contributed by atoms with Gasteiger partial charge in [0, 0.05) is 6.42 Å². The Bertz CT molecular complexity index is 453. The van der Waals surface area contributed by atoms with E-state index in [1.807, 2.05) is 13.0 Å². The van der Waals surface area contributed by atoms with Gasteiger partial charge in [-0.3, -0.25) is 4.79 Å². The van der Waals surface area contributed by atoms with Crippen LogP contribution in [0.2, 0.25) is 0 Å². The largest absolute Gasteiger partial charge is 0.469 e. The Labute approximate surface area is 159 Å². The van der Waals surface area contributed by atoms with E-state index in [2.05, 4.69) is 29.9 Å². The van der Waals surface area contributed by atoms with Crippen LogP contribution in [0.4, 0.5) is 0 Å². The topological polar surface area (TPSA) is 66.8 Å². The maximum Gasteiger partial charge on any atom is 0.305 e. The molecule has 4 unspecified atom stereocenters. The molecule has 1 saturated carbocycles. The van der Waals surface area contributed by atoms with Crippen molar-refractivity contribution in [3.8, 4) is 0 Å². The van der Waals surface area contributed by atoms with E-state index in [9.17, 15) is 15.0 Å². The van der Waals surface area contributed by atoms with Crippen molar-refractivity contribution < 1.29 is 19.7 Å². The number of esters is 1. The number of aliphatic hydroxyl groups is 2. The molecular formula is C22H38O4. The van der Waals surface area contributed by atoms with E-state index in [4.69, 9.17) is 0 Å². The van der Waals surface area contributed by atoms with Gasteiger partial charge in [-0.05, 0) is 57.3 Å². The molecule has 0 heterocycles. The van der Waals surface area contributed by atoms with Crippen LogP contribution in [0.25, 0.3) is 0 Å². The summed E-state index contributed by atoms with van der Waals surface area (Å²) in [6.07, 6.45) is 16.9. The minimum Gasteiger partial charge on any atom is -0.469 e. The molecule has 150 valence electrons. The fraction of sp³-hybridized carbons (Fsp3) is 0.773. The zero-order chi connectivity index (χ0) is 19.4. The first-order chi connectivity index (χ1) is 12.4. The number of carbonyl (C=O) groups is 1. The van der Waals surface area contributed by atoms with Crippen molar-refractivity contribution in [3.05, 3.63) is 24.3 Å². The molecule has 0 aromatic rings. The number of carbonyl (C=O) groups excluding carboxylic acids is 1. The predicted molar refractivity (Wildman–Crippen MR) is 106 cm³/mol. The van der Waals surface area contributed by atoms with Crippen LogP contribution in [0.1, 0.15) is 78.1 Å². The number of hydrogen-bond donors (Lipinski definition) is 2. The number of aliphatic hydroxyl groups excluding tert-OH is 1. The summed E-state index contributed by atoms with van der Waals surface area (Å²) in [7, 11) is 1.41. The zero-order valence-electron chi connectivity index (χ0n) is 16.8. The van der Waals surface area contributed by atoms with Gasteiger partial charge in [0.05, 0.1) is 18.8 Å². The summed E-state index contributed by atoms with van der Waals surface area (Å²) < 4.78 is 4.63. The summed E-state index contributed by atoms with van der Waals surface area (Å²) in [6, 6.07) is 0. The number of hydrogen-bond acceptors (Lipinski definition) is 4. The number of methoxy groups -OCH3 is 1. The SMILES string of the molecule is CCCCCC(C)(O)/C=C/C1CCC(O)C1C/C=C/CCCC(=O)OC. The van der Waals surface area contributed by atoms with Crippen molar-refractivity contribution in [1.82, 2.24) is 0 Å². The second-order valence-corrected chi connectivity index (χ2v) is 7.82. The molecule has 2 N–H and O–H groups in total. The van der Waals surface area contributed by atoms with Gasteiger partial charge in [0.1, 0.15) is 0 Å². The first-order valence-corrected chi connectivity index (χ1v) is 10.2. The summed E-state index contributed by atoms with van der Waals surface area (Å²) >= 11 is 0. The lowest BCUT2D eigenvalue weighted by atomic mass is 9.88. The molecule has 0 bridgehead atoms. The third-order valence-corrected chi connectivity index (χ3v) is 5.38. The first-order valence-electron chi connectivity index (χ1n) is 10.2. The van der Waals surface area contributed by atoms with E-state index in [1.54, 1.807) is 0 Å². The van der Waals surface area contributed by atoms with E-state index in [1.165, 1.54) is 7.11 Å². The molecule has 0 amide bonds. The Balaban J connectivity index is 2.43. The smallest absolute Gasteiger partial charge is 0.305 e. The van der Waals surface area contributed by atoms with Crippen molar-refractivity contribution in [1.29, 1.82) is 0 Å². The lowest BCUT2D eigenvalue weighted by Gasteiger charge is -2.22. The Hall–Kier alpha value is -1.13. The Morgan fingerprint density at radius 2 is 2.00 bits per heavy atom. The maximum atomic E-state index is 11.1. The van der Waals surface area contributed by atoms with Gasteiger partial charge in [0.2, 0.25) is 0 Å². The fourth-order valence-corrected chi connectivity index (χ4v) is 3.63. The zero-order valence-corrected chi connectivity index (χ0v) is 16.8. The van der Waals surface area contributed by atoms with E-state index in [-0.39, 0.29) is 18.0 Å². The molecule has 0 spiro atoms. The van der Waals surface area contributed by atoms with E-state index in [0.29, 0.717) is 12.3 Å². The number of allylic oxidation sites excluding steroid dienone is 3. The second kappa shape index (κ2) is 12.3. The Morgan fingerprint density at radius 1 is 1.23 bits per heavy atom. The molecular weight excluding hydrogens is 328 g/mol. The Kier molecular flexibility index (Phi) is 10.8. The van der Waals surface area contributed by atoms with E-state index < -0.39 is 5.60 Å². The van der Waals surface area contributed by atoms with E-state index >= 15 is 0 Å². The standard InChI is InChI=1S/C22H38O4/c1-4-5-10-16-22(2,25)17-15-18-13-14-20(23)19(18)11-8-6-7-9-12-21(24)26-3/h6,8,15,17-20,23,25H,4-5,7,9-14,16H2,1-3H3/b8-6+,17-15+. The average Bonchev–Trinajstić information content (AvgIpc) is 2.96. The van der Waals surface area contributed by atoms with Gasteiger partial charge in [-0.15, -0.1) is 0 Å². The van der Waals surface area contributed by atoms with Crippen LogP contribution in [0, 0.1) is 11.8 Å². The van der Waals surface area contributed by atoms with Crippen molar-refractivity contribution in [2.24, 2.45) is 11.8 Å². The molecule has 0 radical (unpaired) electrons. The molecule has 26 heavy (non-hydrogen) atoms. The van der Waals surface area contributed by atoms with Crippen LogP contribution < -0.4 is 0 Å². The van der Waals surface area contributed by atoms with Gasteiger partial charge < -0.3 is 14.9 Å².